The number of aromatic nitrogens is 3. The number of nitrogen functional groups attached to an aromatic ring is 1. The van der Waals surface area contributed by atoms with E-state index in [1.54, 1.807) is 0 Å². The molecule has 0 aliphatic rings. The Kier molecular flexibility index (Phi) is 1.03. The number of nitrogens with one attached hydrogen (secondary N) is 1. The summed E-state index contributed by atoms with van der Waals surface area (Å²) in [5.41, 5.74) is 4.98. The summed E-state index contributed by atoms with van der Waals surface area (Å²) in [4.78, 5) is 12.3. The first-order valence-electron chi connectivity index (χ1n) is 2.02. The molecule has 1 rings (SSSR count). The summed E-state index contributed by atoms with van der Waals surface area (Å²) in [6.07, 6.45) is 0. The normalized spacial score (nSPS) is 9.33. The first-order valence-corrected chi connectivity index (χ1v) is 2.02. The van der Waals surface area contributed by atoms with Gasteiger partial charge in [0.15, 0.2) is 0 Å². The van der Waals surface area contributed by atoms with E-state index in [0.717, 1.165) is 0 Å². The molecule has 0 aliphatic heterocycles. The van der Waals surface area contributed by atoms with Crippen molar-refractivity contribution in [3.05, 3.63) is 10.1 Å². The number of H-pyrrole nitrogens is 1. The van der Waals surface area contributed by atoms with Crippen molar-refractivity contribution in [1.29, 1.82) is 0 Å². The Bertz CT molecular complexity index is 229. The fraction of sp³-hybridized carbons (Fsp3) is 0. The number of hydrogen-bond donors (Lipinski definition) is 2. The molecular formula is C2H3N5O2. The molecule has 1 aromatic rings. The van der Waals surface area contributed by atoms with Crippen LogP contribution in [0.4, 0.5) is 11.9 Å². The molecule has 1 heterocycles. The first-order chi connectivity index (χ1) is 4.20. The summed E-state index contributed by atoms with van der Waals surface area (Å²) in [6, 6.07) is 0. The molecule has 48 valence electrons. The van der Waals surface area contributed by atoms with E-state index in [4.69, 9.17) is 5.73 Å². The number of nitro groups is 1. The molecule has 9 heavy (non-hydrogen) atoms. The van der Waals surface area contributed by atoms with Gasteiger partial charge >= 0.3 is 11.9 Å². The lowest BCUT2D eigenvalue weighted by Crippen LogP contribution is -1.90. The molecule has 0 radical (unpaired) electrons. The lowest BCUT2D eigenvalue weighted by atomic mass is 11.0. The molecule has 0 spiro atoms. The van der Waals surface area contributed by atoms with Crippen LogP contribution < -0.4 is 5.73 Å². The standard InChI is InChI=1S/C2H3N5O2/c3-1-4-2(6-5-1)7(8)9/h(H3,3,4,5,6). The molecule has 0 amide bonds. The van der Waals surface area contributed by atoms with Crippen LogP contribution in [0.5, 0.6) is 0 Å². The van der Waals surface area contributed by atoms with Gasteiger partial charge in [0.25, 0.3) is 0 Å². The van der Waals surface area contributed by atoms with Gasteiger partial charge < -0.3 is 15.8 Å². The fourth-order valence-electron chi connectivity index (χ4n) is 0.347. The summed E-state index contributed by atoms with van der Waals surface area (Å²) >= 11 is 0. The second-order valence-electron chi connectivity index (χ2n) is 1.28. The lowest BCUT2D eigenvalue weighted by molar-refractivity contribution is -0.394. The van der Waals surface area contributed by atoms with E-state index in [-0.39, 0.29) is 5.95 Å². The summed E-state index contributed by atoms with van der Waals surface area (Å²) in [5.74, 6) is -0.561. The SMILES string of the molecule is Nc1nc([N+](=O)[O-])n[nH]1. The Morgan fingerprint density at radius 2 is 2.44 bits per heavy atom. The van der Waals surface area contributed by atoms with Crippen molar-refractivity contribution in [2.45, 2.75) is 0 Å². The van der Waals surface area contributed by atoms with Crippen molar-refractivity contribution in [3.8, 4) is 0 Å². The van der Waals surface area contributed by atoms with Gasteiger partial charge in [0.05, 0.1) is 0 Å². The molecule has 0 aromatic carbocycles. The van der Waals surface area contributed by atoms with Crippen LogP contribution in [-0.2, 0) is 0 Å². The Morgan fingerprint density at radius 3 is 2.67 bits per heavy atom. The topological polar surface area (TPSA) is 111 Å². The highest BCUT2D eigenvalue weighted by Crippen LogP contribution is 2.00. The van der Waals surface area contributed by atoms with E-state index in [9.17, 15) is 10.1 Å². The minimum Gasteiger partial charge on any atom is -0.390 e. The monoisotopic (exact) mass is 129 g/mol. The number of nitrogens with zero attached hydrogens (tertiary/aromatic N) is 3. The molecule has 7 nitrogen and oxygen atoms in total. The number of hydrogen-bond acceptors (Lipinski definition) is 5. The van der Waals surface area contributed by atoms with Gasteiger partial charge in [-0.15, -0.1) is 0 Å². The predicted molar refractivity (Wildman–Crippen MR) is 27.4 cm³/mol. The lowest BCUT2D eigenvalue weighted by Gasteiger charge is -1.81. The van der Waals surface area contributed by atoms with Gasteiger partial charge in [0.2, 0.25) is 0 Å². The van der Waals surface area contributed by atoms with E-state index in [1.807, 2.05) is 0 Å². The Balaban J connectivity index is 2.98. The molecule has 0 aliphatic carbocycles. The van der Waals surface area contributed by atoms with Gasteiger partial charge in [-0.3, -0.25) is 0 Å². The van der Waals surface area contributed by atoms with E-state index >= 15 is 0 Å². The second-order valence-corrected chi connectivity index (χ2v) is 1.28. The Labute approximate surface area is 49.0 Å². The van der Waals surface area contributed by atoms with Crippen LogP contribution in [0.3, 0.4) is 0 Å². The zero-order valence-corrected chi connectivity index (χ0v) is 4.24. The van der Waals surface area contributed by atoms with Crippen LogP contribution in [0, 0.1) is 10.1 Å². The van der Waals surface area contributed by atoms with E-state index < -0.39 is 10.9 Å². The summed E-state index contributed by atoms with van der Waals surface area (Å²) in [5, 5.41) is 15.1. The summed E-state index contributed by atoms with van der Waals surface area (Å²) in [6.45, 7) is 0. The van der Waals surface area contributed by atoms with Crippen molar-refractivity contribution >= 4 is 11.9 Å². The third-order valence-electron chi connectivity index (χ3n) is 0.654. The van der Waals surface area contributed by atoms with Crippen molar-refractivity contribution in [2.24, 2.45) is 0 Å². The number of nitrogens with two attached hydrogens (primary N) is 1. The van der Waals surface area contributed by atoms with Crippen LogP contribution in [0.25, 0.3) is 0 Å². The van der Waals surface area contributed by atoms with Crippen LogP contribution in [0.2, 0.25) is 0 Å². The zero-order chi connectivity index (χ0) is 6.85. The van der Waals surface area contributed by atoms with Gasteiger partial charge in [0, 0.05) is 5.10 Å². The molecular weight excluding hydrogens is 126 g/mol. The number of rotatable bonds is 1. The smallest absolute Gasteiger partial charge is 0.390 e. The van der Waals surface area contributed by atoms with Crippen LogP contribution >= 0.6 is 0 Å². The molecule has 7 heteroatoms. The van der Waals surface area contributed by atoms with Crippen molar-refractivity contribution < 1.29 is 4.92 Å². The van der Waals surface area contributed by atoms with Gasteiger partial charge in [-0.25, -0.2) is 0 Å². The molecule has 0 saturated carbocycles. The molecule has 0 atom stereocenters. The predicted octanol–water partition coefficient (Wildman–Crippen LogP) is -0.705. The molecule has 0 saturated heterocycles. The molecule has 1 aromatic heterocycles. The van der Waals surface area contributed by atoms with E-state index in [2.05, 4.69) is 15.2 Å². The van der Waals surface area contributed by atoms with Gasteiger partial charge in [-0.1, -0.05) is 0 Å². The largest absolute Gasteiger partial charge is 0.492 e. The van der Waals surface area contributed by atoms with E-state index in [1.165, 1.54) is 0 Å². The van der Waals surface area contributed by atoms with Crippen molar-refractivity contribution in [3.63, 3.8) is 0 Å². The molecule has 0 fully saturated rings. The minimum atomic E-state index is -0.729. The highest BCUT2D eigenvalue weighted by atomic mass is 16.6. The van der Waals surface area contributed by atoms with Crippen LogP contribution in [0.15, 0.2) is 0 Å². The summed E-state index contributed by atoms with van der Waals surface area (Å²) in [7, 11) is 0. The van der Waals surface area contributed by atoms with E-state index in [0.29, 0.717) is 0 Å². The first kappa shape index (κ1) is 5.48. The maximum Gasteiger partial charge on any atom is 0.492 e. The highest BCUT2D eigenvalue weighted by Gasteiger charge is 2.11. The zero-order valence-electron chi connectivity index (χ0n) is 4.24. The Hall–Kier alpha value is -1.66. The number of anilines is 1. The average molecular weight is 129 g/mol. The van der Waals surface area contributed by atoms with Gasteiger partial charge in [-0.2, -0.15) is 5.10 Å². The van der Waals surface area contributed by atoms with Gasteiger partial charge in [-0.05, 0) is 9.91 Å². The van der Waals surface area contributed by atoms with Gasteiger partial charge in [0.1, 0.15) is 0 Å². The third kappa shape index (κ3) is 0.929. The fourth-order valence-corrected chi connectivity index (χ4v) is 0.347. The minimum absolute atomic E-state index is 0.0540. The quantitative estimate of drug-likeness (QED) is 0.384. The van der Waals surface area contributed by atoms with Crippen molar-refractivity contribution in [1.82, 2.24) is 15.2 Å². The number of aromatic amines is 1. The van der Waals surface area contributed by atoms with Crippen molar-refractivity contribution in [2.75, 3.05) is 5.73 Å². The maximum atomic E-state index is 9.82. The Morgan fingerprint density at radius 1 is 1.78 bits per heavy atom. The molecule has 0 unspecified atom stereocenters. The third-order valence-corrected chi connectivity index (χ3v) is 0.654. The van der Waals surface area contributed by atoms with Crippen LogP contribution in [0.1, 0.15) is 0 Å². The second kappa shape index (κ2) is 1.69. The molecule has 3 N–H and O–H groups in total. The highest BCUT2D eigenvalue weighted by molar-refractivity contribution is 5.18. The van der Waals surface area contributed by atoms with Crippen LogP contribution in [-0.4, -0.2) is 20.1 Å². The molecule has 0 bridgehead atoms. The average Bonchev–Trinajstić information content (AvgIpc) is 2.14. The maximum absolute atomic E-state index is 9.82. The summed E-state index contributed by atoms with van der Waals surface area (Å²) < 4.78 is 0.